The van der Waals surface area contributed by atoms with Gasteiger partial charge in [0.1, 0.15) is 4.21 Å². The Morgan fingerprint density at radius 2 is 2.05 bits per heavy atom. The number of rotatable bonds is 7. The predicted molar refractivity (Wildman–Crippen MR) is 88.3 cm³/mol. The first-order valence-electron chi connectivity index (χ1n) is 6.92. The van der Waals surface area contributed by atoms with Gasteiger partial charge >= 0.3 is 0 Å². The van der Waals surface area contributed by atoms with Crippen LogP contribution < -0.4 is 10.0 Å². The van der Waals surface area contributed by atoms with Crippen LogP contribution >= 0.6 is 11.3 Å². The predicted octanol–water partition coefficient (Wildman–Crippen LogP) is 3.61. The molecule has 0 radical (unpaired) electrons. The van der Waals surface area contributed by atoms with Crippen molar-refractivity contribution in [3.63, 3.8) is 0 Å². The van der Waals surface area contributed by atoms with Gasteiger partial charge in [0, 0.05) is 11.7 Å². The molecule has 114 valence electrons. The van der Waals surface area contributed by atoms with E-state index in [0.29, 0.717) is 9.90 Å². The Balaban J connectivity index is 2.15. The van der Waals surface area contributed by atoms with Gasteiger partial charge in [-0.1, -0.05) is 25.1 Å². The second-order valence-corrected chi connectivity index (χ2v) is 7.70. The van der Waals surface area contributed by atoms with E-state index in [1.165, 1.54) is 11.3 Å². The van der Waals surface area contributed by atoms with Crippen LogP contribution in [0.2, 0.25) is 0 Å². The van der Waals surface area contributed by atoms with Crippen molar-refractivity contribution in [1.29, 1.82) is 0 Å². The van der Waals surface area contributed by atoms with Crippen molar-refractivity contribution in [3.8, 4) is 0 Å². The van der Waals surface area contributed by atoms with Gasteiger partial charge in [0.15, 0.2) is 0 Å². The Hall–Kier alpha value is -1.37. The molecule has 1 heterocycles. The molecular formula is C15H20N2O2S2. The molecule has 1 atom stereocenters. The third-order valence-electron chi connectivity index (χ3n) is 3.10. The highest BCUT2D eigenvalue weighted by molar-refractivity contribution is 7.94. The number of sulfonamides is 1. The monoisotopic (exact) mass is 324 g/mol. The van der Waals surface area contributed by atoms with E-state index in [1.807, 2.05) is 18.2 Å². The molecule has 0 bridgehead atoms. The molecule has 0 aliphatic carbocycles. The Labute approximate surface area is 130 Å². The summed E-state index contributed by atoms with van der Waals surface area (Å²) in [4.78, 5) is 0. The number of anilines is 1. The largest absolute Gasteiger partial charge is 0.310 e. The summed E-state index contributed by atoms with van der Waals surface area (Å²) in [6.07, 6.45) is 1.06. The number of hydrogen-bond acceptors (Lipinski definition) is 4. The summed E-state index contributed by atoms with van der Waals surface area (Å²) in [5.74, 6) is 0. The highest BCUT2D eigenvalue weighted by Crippen LogP contribution is 2.22. The van der Waals surface area contributed by atoms with E-state index in [0.717, 1.165) is 18.5 Å². The molecule has 1 aromatic carbocycles. The minimum Gasteiger partial charge on any atom is -0.310 e. The minimum absolute atomic E-state index is 0.191. The van der Waals surface area contributed by atoms with E-state index in [1.54, 1.807) is 23.6 Å². The fraction of sp³-hybridized carbons (Fsp3) is 0.333. The highest BCUT2D eigenvalue weighted by atomic mass is 32.2. The average Bonchev–Trinajstić information content (AvgIpc) is 2.99. The number of thiophene rings is 1. The molecule has 0 saturated carbocycles. The molecule has 21 heavy (non-hydrogen) atoms. The van der Waals surface area contributed by atoms with Gasteiger partial charge in [-0.05, 0) is 49.0 Å². The van der Waals surface area contributed by atoms with E-state index >= 15 is 0 Å². The van der Waals surface area contributed by atoms with Crippen molar-refractivity contribution in [2.45, 2.75) is 30.5 Å². The first kappa shape index (κ1) is 16.0. The highest BCUT2D eigenvalue weighted by Gasteiger charge is 2.15. The van der Waals surface area contributed by atoms with Crippen LogP contribution in [0.5, 0.6) is 0 Å². The van der Waals surface area contributed by atoms with Gasteiger partial charge in [-0.2, -0.15) is 0 Å². The smallest absolute Gasteiger partial charge is 0.271 e. The van der Waals surface area contributed by atoms with E-state index in [4.69, 9.17) is 0 Å². The molecule has 2 aromatic rings. The second kappa shape index (κ2) is 7.06. The average molecular weight is 324 g/mol. The third-order valence-corrected chi connectivity index (χ3v) is 5.88. The lowest BCUT2D eigenvalue weighted by Crippen LogP contribution is -2.19. The standard InChI is InChI=1S/C15H20N2O2S2/c1-3-9-16-12(2)13-6-4-7-14(11-13)17-21(18,19)15-8-5-10-20-15/h4-8,10-12,16-17H,3,9H2,1-2H3. The number of hydrogen-bond donors (Lipinski definition) is 2. The van der Waals surface area contributed by atoms with Crippen LogP contribution in [0.25, 0.3) is 0 Å². The molecule has 0 fully saturated rings. The molecule has 0 amide bonds. The lowest BCUT2D eigenvalue weighted by molar-refractivity contribution is 0.571. The van der Waals surface area contributed by atoms with Crippen LogP contribution in [-0.2, 0) is 10.0 Å². The maximum absolute atomic E-state index is 12.2. The van der Waals surface area contributed by atoms with E-state index in [2.05, 4.69) is 23.9 Å². The van der Waals surface area contributed by atoms with Crippen molar-refractivity contribution in [3.05, 3.63) is 47.3 Å². The Bertz CT molecular complexity index is 667. The number of nitrogens with one attached hydrogen (secondary N) is 2. The van der Waals surface area contributed by atoms with Gasteiger partial charge in [0.25, 0.3) is 10.0 Å². The molecule has 0 saturated heterocycles. The van der Waals surface area contributed by atoms with Gasteiger partial charge < -0.3 is 5.32 Å². The van der Waals surface area contributed by atoms with Crippen molar-refractivity contribution in [2.24, 2.45) is 0 Å². The Morgan fingerprint density at radius 1 is 1.24 bits per heavy atom. The summed E-state index contributed by atoms with van der Waals surface area (Å²) >= 11 is 1.21. The SMILES string of the molecule is CCCNC(C)c1cccc(NS(=O)(=O)c2cccs2)c1. The topological polar surface area (TPSA) is 58.2 Å². The maximum Gasteiger partial charge on any atom is 0.271 e. The van der Waals surface area contributed by atoms with Crippen LogP contribution in [0.1, 0.15) is 31.9 Å². The normalized spacial score (nSPS) is 13.0. The molecule has 0 spiro atoms. The molecule has 0 aliphatic heterocycles. The molecule has 1 aromatic heterocycles. The van der Waals surface area contributed by atoms with Crippen molar-refractivity contribution >= 4 is 27.0 Å². The van der Waals surface area contributed by atoms with Crippen LogP contribution in [0.3, 0.4) is 0 Å². The summed E-state index contributed by atoms with van der Waals surface area (Å²) in [6.45, 7) is 5.13. The van der Waals surface area contributed by atoms with Crippen molar-refractivity contribution < 1.29 is 8.42 Å². The first-order valence-corrected chi connectivity index (χ1v) is 9.29. The van der Waals surface area contributed by atoms with Gasteiger partial charge in [-0.15, -0.1) is 11.3 Å². The first-order chi connectivity index (χ1) is 10.0. The summed E-state index contributed by atoms with van der Waals surface area (Å²) in [5, 5.41) is 5.14. The van der Waals surface area contributed by atoms with Crippen LogP contribution in [0.15, 0.2) is 46.0 Å². The maximum atomic E-state index is 12.2. The molecule has 6 heteroatoms. The quantitative estimate of drug-likeness (QED) is 0.818. The van der Waals surface area contributed by atoms with Gasteiger partial charge in [-0.25, -0.2) is 8.42 Å². The van der Waals surface area contributed by atoms with Crippen molar-refractivity contribution in [2.75, 3.05) is 11.3 Å². The van der Waals surface area contributed by atoms with E-state index in [-0.39, 0.29) is 6.04 Å². The van der Waals surface area contributed by atoms with Gasteiger partial charge in [-0.3, -0.25) is 4.72 Å². The summed E-state index contributed by atoms with van der Waals surface area (Å²) < 4.78 is 27.4. The van der Waals surface area contributed by atoms with Crippen LogP contribution in [-0.4, -0.2) is 15.0 Å². The zero-order valence-corrected chi connectivity index (χ0v) is 13.8. The summed E-state index contributed by atoms with van der Waals surface area (Å²) in [5.41, 5.74) is 1.65. The van der Waals surface area contributed by atoms with Crippen LogP contribution in [0.4, 0.5) is 5.69 Å². The second-order valence-electron chi connectivity index (χ2n) is 4.84. The molecular weight excluding hydrogens is 304 g/mol. The molecule has 0 aliphatic rings. The molecule has 1 unspecified atom stereocenters. The third kappa shape index (κ3) is 4.30. The molecule has 2 rings (SSSR count). The fourth-order valence-corrected chi connectivity index (χ4v) is 4.01. The van der Waals surface area contributed by atoms with E-state index in [9.17, 15) is 8.42 Å². The summed E-state index contributed by atoms with van der Waals surface area (Å²) in [7, 11) is -3.48. The van der Waals surface area contributed by atoms with E-state index < -0.39 is 10.0 Å². The Morgan fingerprint density at radius 3 is 2.71 bits per heavy atom. The van der Waals surface area contributed by atoms with Crippen LogP contribution in [0, 0.1) is 0 Å². The number of benzene rings is 1. The lowest BCUT2D eigenvalue weighted by Gasteiger charge is -2.15. The Kier molecular flexibility index (Phi) is 5.39. The van der Waals surface area contributed by atoms with Crippen molar-refractivity contribution in [1.82, 2.24) is 5.32 Å². The van der Waals surface area contributed by atoms with Gasteiger partial charge in [0.2, 0.25) is 0 Å². The fourth-order valence-electron chi connectivity index (χ4n) is 1.97. The lowest BCUT2D eigenvalue weighted by atomic mass is 10.1. The zero-order chi connectivity index (χ0) is 15.3. The zero-order valence-electron chi connectivity index (χ0n) is 12.2. The molecule has 4 nitrogen and oxygen atoms in total. The summed E-state index contributed by atoms with van der Waals surface area (Å²) in [6, 6.07) is 11.0. The minimum atomic E-state index is -3.48. The molecule has 2 N–H and O–H groups in total. The van der Waals surface area contributed by atoms with Gasteiger partial charge in [0.05, 0.1) is 0 Å².